The molecule has 2 aromatic carbocycles. The fraction of sp³-hybridized carbons (Fsp3) is 0.400. The minimum Gasteiger partial charge on any atom is -0.367 e. The van der Waals surface area contributed by atoms with E-state index in [1.165, 1.54) is 4.31 Å². The van der Waals surface area contributed by atoms with Gasteiger partial charge < -0.3 is 10.1 Å². The molecule has 0 radical (unpaired) electrons. The third kappa shape index (κ3) is 3.48. The zero-order valence-electron chi connectivity index (χ0n) is 15.5. The summed E-state index contributed by atoms with van der Waals surface area (Å²) >= 11 is 0. The summed E-state index contributed by atoms with van der Waals surface area (Å²) in [5.41, 5.74) is 2.25. The van der Waals surface area contributed by atoms with Crippen LogP contribution >= 0.6 is 0 Å². The molecule has 0 aliphatic carbocycles. The monoisotopic (exact) mass is 387 g/mol. The normalized spacial score (nSPS) is 22.0. The molecule has 4 rings (SSSR count). The highest BCUT2D eigenvalue weighted by molar-refractivity contribution is 7.92. The molecule has 7 heteroatoms. The number of hydrogen-bond donors (Lipinski definition) is 1. The predicted octanol–water partition coefficient (Wildman–Crippen LogP) is 1.84. The highest BCUT2D eigenvalue weighted by atomic mass is 32.2. The number of piperazine rings is 1. The Morgan fingerprint density at radius 3 is 2.48 bits per heavy atom. The molecule has 1 saturated heterocycles. The SMILES string of the molecule is CN1c2ccccc2C(OCCN2CCNCC2)c2ccccc2S1(=O)=O. The standard InChI is InChI=1S/C20H25N3O3S/c1-22-18-8-4-2-6-16(18)20(26-15-14-23-12-10-21-11-13-23)17-7-3-5-9-19(17)27(22,24)25/h2-9,20-21H,10-15H2,1H3. The largest absolute Gasteiger partial charge is 0.367 e. The Labute approximate surface area is 160 Å². The van der Waals surface area contributed by atoms with E-state index in [0.29, 0.717) is 22.8 Å². The van der Waals surface area contributed by atoms with Gasteiger partial charge in [-0.2, -0.15) is 0 Å². The molecule has 0 bridgehead atoms. The van der Waals surface area contributed by atoms with Crippen molar-refractivity contribution in [2.24, 2.45) is 0 Å². The Morgan fingerprint density at radius 1 is 1.04 bits per heavy atom. The van der Waals surface area contributed by atoms with Gasteiger partial charge >= 0.3 is 0 Å². The summed E-state index contributed by atoms with van der Waals surface area (Å²) in [5, 5.41) is 3.35. The number of nitrogens with zero attached hydrogens (tertiary/aromatic N) is 2. The molecule has 6 nitrogen and oxygen atoms in total. The number of fused-ring (bicyclic) bond motifs is 2. The first-order valence-corrected chi connectivity index (χ1v) is 10.7. The highest BCUT2D eigenvalue weighted by Crippen LogP contribution is 2.41. The van der Waals surface area contributed by atoms with Crippen LogP contribution in [0.4, 0.5) is 5.69 Å². The van der Waals surface area contributed by atoms with Gasteiger partial charge in [0.05, 0.1) is 17.2 Å². The van der Waals surface area contributed by atoms with Crippen molar-refractivity contribution in [3.05, 3.63) is 59.7 Å². The number of sulfonamides is 1. The van der Waals surface area contributed by atoms with Crippen LogP contribution in [0.5, 0.6) is 0 Å². The van der Waals surface area contributed by atoms with E-state index < -0.39 is 16.1 Å². The van der Waals surface area contributed by atoms with Gasteiger partial charge in [-0.05, 0) is 12.1 Å². The molecule has 0 spiro atoms. The van der Waals surface area contributed by atoms with Crippen molar-refractivity contribution in [3.63, 3.8) is 0 Å². The van der Waals surface area contributed by atoms with Gasteiger partial charge in [-0.1, -0.05) is 36.4 Å². The fourth-order valence-corrected chi connectivity index (χ4v) is 5.23. The van der Waals surface area contributed by atoms with E-state index in [1.54, 1.807) is 19.2 Å². The first-order chi connectivity index (χ1) is 13.1. The Hall–Kier alpha value is -1.93. The van der Waals surface area contributed by atoms with E-state index in [1.807, 2.05) is 36.4 Å². The van der Waals surface area contributed by atoms with Crippen molar-refractivity contribution < 1.29 is 13.2 Å². The van der Waals surface area contributed by atoms with Crippen molar-refractivity contribution in [2.45, 2.75) is 11.0 Å². The maximum atomic E-state index is 13.1. The molecule has 2 aliphatic heterocycles. The Kier molecular flexibility index (Phi) is 5.19. The molecule has 27 heavy (non-hydrogen) atoms. The second-order valence-corrected chi connectivity index (χ2v) is 8.85. The molecule has 1 fully saturated rings. The average molecular weight is 388 g/mol. The lowest BCUT2D eigenvalue weighted by Gasteiger charge is -2.28. The molecular weight excluding hydrogens is 362 g/mol. The third-order valence-electron chi connectivity index (χ3n) is 5.30. The fourth-order valence-electron chi connectivity index (χ4n) is 3.79. The molecule has 0 amide bonds. The summed E-state index contributed by atoms with van der Waals surface area (Å²) in [4.78, 5) is 2.68. The molecule has 0 aromatic heterocycles. The number of rotatable bonds is 4. The van der Waals surface area contributed by atoms with E-state index in [4.69, 9.17) is 4.74 Å². The highest BCUT2D eigenvalue weighted by Gasteiger charge is 2.35. The van der Waals surface area contributed by atoms with Crippen molar-refractivity contribution in [3.8, 4) is 0 Å². The van der Waals surface area contributed by atoms with Crippen LogP contribution in [0, 0.1) is 0 Å². The number of para-hydroxylation sites is 1. The summed E-state index contributed by atoms with van der Waals surface area (Å²) in [5.74, 6) is 0. The smallest absolute Gasteiger partial charge is 0.264 e. The van der Waals surface area contributed by atoms with E-state index in [-0.39, 0.29) is 0 Å². The van der Waals surface area contributed by atoms with Crippen molar-refractivity contribution >= 4 is 15.7 Å². The first-order valence-electron chi connectivity index (χ1n) is 9.30. The van der Waals surface area contributed by atoms with Crippen LogP contribution in [0.2, 0.25) is 0 Å². The van der Waals surface area contributed by atoms with Crippen LogP contribution in [-0.2, 0) is 14.8 Å². The van der Waals surface area contributed by atoms with Crippen molar-refractivity contribution in [1.82, 2.24) is 10.2 Å². The average Bonchev–Trinajstić information content (AvgIpc) is 2.77. The lowest BCUT2D eigenvalue weighted by Crippen LogP contribution is -2.44. The van der Waals surface area contributed by atoms with Crippen LogP contribution in [0.25, 0.3) is 0 Å². The van der Waals surface area contributed by atoms with Crippen LogP contribution in [0.15, 0.2) is 53.4 Å². The molecule has 1 atom stereocenters. The Balaban J connectivity index is 1.68. The van der Waals surface area contributed by atoms with Gasteiger partial charge in [0.2, 0.25) is 0 Å². The molecule has 2 heterocycles. The van der Waals surface area contributed by atoms with E-state index in [0.717, 1.165) is 38.3 Å². The maximum absolute atomic E-state index is 13.1. The predicted molar refractivity (Wildman–Crippen MR) is 106 cm³/mol. The lowest BCUT2D eigenvalue weighted by atomic mass is 9.99. The van der Waals surface area contributed by atoms with E-state index in [2.05, 4.69) is 10.2 Å². The second-order valence-electron chi connectivity index (χ2n) is 6.91. The summed E-state index contributed by atoms with van der Waals surface area (Å²) in [6, 6.07) is 14.7. The zero-order chi connectivity index (χ0) is 18.9. The maximum Gasteiger partial charge on any atom is 0.264 e. The van der Waals surface area contributed by atoms with E-state index >= 15 is 0 Å². The quantitative estimate of drug-likeness (QED) is 0.867. The first kappa shape index (κ1) is 18.4. The number of anilines is 1. The summed E-state index contributed by atoms with van der Waals surface area (Å²) in [7, 11) is -2.01. The van der Waals surface area contributed by atoms with Crippen LogP contribution in [0.3, 0.4) is 0 Å². The van der Waals surface area contributed by atoms with Gasteiger partial charge in [-0.15, -0.1) is 0 Å². The van der Waals surface area contributed by atoms with Gasteiger partial charge in [0.25, 0.3) is 10.0 Å². The summed E-state index contributed by atoms with van der Waals surface area (Å²) in [6.07, 6.45) is -0.403. The van der Waals surface area contributed by atoms with Crippen molar-refractivity contribution in [1.29, 1.82) is 0 Å². The molecule has 2 aliphatic rings. The summed E-state index contributed by atoms with van der Waals surface area (Å²) < 4.78 is 33.9. The zero-order valence-corrected chi connectivity index (χ0v) is 16.3. The van der Waals surface area contributed by atoms with Gasteiger partial charge in [-0.25, -0.2) is 8.42 Å². The molecule has 1 N–H and O–H groups in total. The Morgan fingerprint density at radius 2 is 1.70 bits per heavy atom. The molecule has 144 valence electrons. The van der Waals surface area contributed by atoms with Crippen LogP contribution in [-0.4, -0.2) is 59.7 Å². The van der Waals surface area contributed by atoms with Crippen LogP contribution in [0.1, 0.15) is 17.2 Å². The van der Waals surface area contributed by atoms with Crippen molar-refractivity contribution in [2.75, 3.05) is 50.7 Å². The third-order valence-corrected chi connectivity index (χ3v) is 7.15. The molecule has 1 unspecified atom stereocenters. The van der Waals surface area contributed by atoms with Gasteiger partial charge in [-0.3, -0.25) is 9.21 Å². The second kappa shape index (κ2) is 7.59. The topological polar surface area (TPSA) is 61.9 Å². The molecule has 2 aromatic rings. The minimum absolute atomic E-state index is 0.316. The number of hydrogen-bond acceptors (Lipinski definition) is 5. The summed E-state index contributed by atoms with van der Waals surface area (Å²) in [6.45, 7) is 5.41. The molecular formula is C20H25N3O3S. The Bertz CT molecular complexity index is 910. The van der Waals surface area contributed by atoms with Gasteiger partial charge in [0.15, 0.2) is 0 Å². The van der Waals surface area contributed by atoms with E-state index in [9.17, 15) is 8.42 Å². The molecule has 0 saturated carbocycles. The number of benzene rings is 2. The number of ether oxygens (including phenoxy) is 1. The van der Waals surface area contributed by atoms with Gasteiger partial charge in [0, 0.05) is 50.9 Å². The minimum atomic E-state index is -3.61. The lowest BCUT2D eigenvalue weighted by molar-refractivity contribution is 0.0564. The number of nitrogens with one attached hydrogen (secondary N) is 1. The van der Waals surface area contributed by atoms with Gasteiger partial charge in [0.1, 0.15) is 6.10 Å². The van der Waals surface area contributed by atoms with Crippen LogP contribution < -0.4 is 9.62 Å².